The van der Waals surface area contributed by atoms with E-state index in [0.717, 1.165) is 0 Å². The van der Waals surface area contributed by atoms with E-state index in [1.807, 2.05) is 12.1 Å². The van der Waals surface area contributed by atoms with E-state index in [1.165, 1.54) is 12.4 Å². The molecule has 8 heteroatoms. The number of nitrogen functional groups attached to an aromatic ring is 1. The topological polar surface area (TPSA) is 105 Å². The number of pyridine rings is 2. The van der Waals surface area contributed by atoms with Gasteiger partial charge in [-0.3, -0.25) is 4.98 Å². The minimum Gasteiger partial charge on any atom is -0.382 e. The molecule has 0 aliphatic rings. The molecule has 3 heterocycles. The number of nitrogens with two attached hydrogens (primary N) is 1. The highest BCUT2D eigenvalue weighted by atomic mass is 19.1. The Balaban J connectivity index is 2.01. The summed E-state index contributed by atoms with van der Waals surface area (Å²) >= 11 is 0. The van der Waals surface area contributed by atoms with Gasteiger partial charge in [-0.05, 0) is 30.3 Å². The number of hydrogen-bond donors (Lipinski definition) is 1. The Hall–Kier alpha value is -4.12. The largest absolute Gasteiger partial charge is 0.382 e. The lowest BCUT2D eigenvalue weighted by Gasteiger charge is -2.22. The first-order valence-electron chi connectivity index (χ1n) is 8.35. The molecule has 0 atom stereocenters. The summed E-state index contributed by atoms with van der Waals surface area (Å²) in [5.41, 5.74) is 7.65. The van der Waals surface area contributed by atoms with Crippen molar-refractivity contribution >= 4 is 28.4 Å². The molecule has 3 aromatic heterocycles. The summed E-state index contributed by atoms with van der Waals surface area (Å²) in [5.74, 6) is 0.466. The fourth-order valence-electron chi connectivity index (χ4n) is 2.97. The van der Waals surface area contributed by atoms with E-state index in [-0.39, 0.29) is 17.2 Å². The van der Waals surface area contributed by atoms with Crippen LogP contribution < -0.4 is 10.6 Å². The first-order valence-corrected chi connectivity index (χ1v) is 8.35. The monoisotopic (exact) mass is 371 g/mol. The van der Waals surface area contributed by atoms with Gasteiger partial charge >= 0.3 is 0 Å². The Kier molecular flexibility index (Phi) is 4.26. The highest BCUT2D eigenvalue weighted by Crippen LogP contribution is 2.35. The number of aromatic nitrogens is 4. The van der Waals surface area contributed by atoms with Crippen LogP contribution in [0.1, 0.15) is 5.56 Å². The summed E-state index contributed by atoms with van der Waals surface area (Å²) in [6.07, 6.45) is 2.93. The van der Waals surface area contributed by atoms with Crippen molar-refractivity contribution in [3.05, 3.63) is 66.4 Å². The van der Waals surface area contributed by atoms with Crippen LogP contribution in [0.4, 0.5) is 21.8 Å². The maximum Gasteiger partial charge on any atom is 0.157 e. The van der Waals surface area contributed by atoms with Crippen molar-refractivity contribution in [3.63, 3.8) is 0 Å². The summed E-state index contributed by atoms with van der Waals surface area (Å²) in [4.78, 5) is 18.7. The van der Waals surface area contributed by atoms with E-state index in [0.29, 0.717) is 33.8 Å². The quantitative estimate of drug-likeness (QED) is 0.588. The lowest BCUT2D eigenvalue weighted by atomic mass is 10.1. The zero-order valence-electron chi connectivity index (χ0n) is 14.8. The fourth-order valence-corrected chi connectivity index (χ4v) is 2.97. The molecule has 4 rings (SSSR count). The average Bonchev–Trinajstić information content (AvgIpc) is 2.73. The van der Waals surface area contributed by atoms with E-state index >= 15 is 0 Å². The van der Waals surface area contributed by atoms with Gasteiger partial charge in [0.15, 0.2) is 5.82 Å². The van der Waals surface area contributed by atoms with Crippen LogP contribution in [0.2, 0.25) is 0 Å². The maximum absolute atomic E-state index is 14.4. The summed E-state index contributed by atoms with van der Waals surface area (Å²) in [6, 6.07) is 13.9. The van der Waals surface area contributed by atoms with Crippen LogP contribution in [-0.2, 0) is 0 Å². The van der Waals surface area contributed by atoms with E-state index in [9.17, 15) is 9.65 Å². The van der Waals surface area contributed by atoms with Crippen LogP contribution in [-0.4, -0.2) is 27.0 Å². The number of anilines is 3. The number of fused-ring (bicyclic) bond motifs is 1. The molecule has 28 heavy (non-hydrogen) atoms. The predicted octanol–water partition coefficient (Wildman–Crippen LogP) is 3.45. The van der Waals surface area contributed by atoms with Gasteiger partial charge in [0.25, 0.3) is 0 Å². The molecule has 4 aromatic rings. The number of benzene rings is 1. The minimum absolute atomic E-state index is 0.0746. The second-order valence-corrected chi connectivity index (χ2v) is 6.01. The third-order valence-electron chi connectivity index (χ3n) is 4.33. The van der Waals surface area contributed by atoms with E-state index in [1.54, 1.807) is 48.5 Å². The van der Waals surface area contributed by atoms with Gasteiger partial charge in [0.05, 0.1) is 11.2 Å². The van der Waals surface area contributed by atoms with Gasteiger partial charge in [-0.15, -0.1) is 0 Å². The van der Waals surface area contributed by atoms with Crippen molar-refractivity contribution < 1.29 is 4.39 Å². The predicted molar refractivity (Wildman–Crippen MR) is 104 cm³/mol. The van der Waals surface area contributed by atoms with E-state index in [4.69, 9.17) is 5.73 Å². The molecule has 1 aromatic carbocycles. The second kappa shape index (κ2) is 6.89. The normalized spacial score (nSPS) is 10.6. The fraction of sp³-hybridized carbons (Fsp3) is 0.0500. The standard InChI is InChI=1S/C20H14FN7/c1-28(19-14(10-22)18(23)25-11-26-19)20-13(16-6-2-3-8-24-16)9-12-15(21)5-4-7-17(12)27-20/h2-9,11H,1H3,(H2,23,25,26). The molecule has 0 spiro atoms. The summed E-state index contributed by atoms with van der Waals surface area (Å²) in [6.45, 7) is 0. The summed E-state index contributed by atoms with van der Waals surface area (Å²) < 4.78 is 14.4. The lowest BCUT2D eigenvalue weighted by molar-refractivity contribution is 0.639. The van der Waals surface area contributed by atoms with Gasteiger partial charge in [-0.2, -0.15) is 5.26 Å². The number of rotatable bonds is 3. The molecule has 2 N–H and O–H groups in total. The Morgan fingerprint density at radius 1 is 1.07 bits per heavy atom. The number of nitriles is 1. The molecule has 0 aliphatic carbocycles. The molecule has 0 saturated heterocycles. The molecule has 0 aliphatic heterocycles. The van der Waals surface area contributed by atoms with Crippen molar-refractivity contribution in [2.75, 3.05) is 17.7 Å². The van der Waals surface area contributed by atoms with Crippen molar-refractivity contribution in [2.45, 2.75) is 0 Å². The smallest absolute Gasteiger partial charge is 0.157 e. The highest BCUT2D eigenvalue weighted by molar-refractivity contribution is 5.90. The number of nitrogens with zero attached hydrogens (tertiary/aromatic N) is 6. The van der Waals surface area contributed by atoms with Crippen molar-refractivity contribution in [1.82, 2.24) is 19.9 Å². The molecule has 0 saturated carbocycles. The third kappa shape index (κ3) is 2.85. The Morgan fingerprint density at radius 2 is 1.93 bits per heavy atom. The third-order valence-corrected chi connectivity index (χ3v) is 4.33. The first kappa shape index (κ1) is 17.3. The van der Waals surface area contributed by atoms with Gasteiger partial charge in [-0.25, -0.2) is 19.3 Å². The van der Waals surface area contributed by atoms with Crippen molar-refractivity contribution in [2.24, 2.45) is 0 Å². The van der Waals surface area contributed by atoms with Crippen LogP contribution in [0, 0.1) is 17.1 Å². The molecule has 0 fully saturated rings. The Morgan fingerprint density at radius 3 is 2.68 bits per heavy atom. The van der Waals surface area contributed by atoms with Crippen LogP contribution >= 0.6 is 0 Å². The average molecular weight is 371 g/mol. The number of halogens is 1. The summed E-state index contributed by atoms with van der Waals surface area (Å²) in [7, 11) is 1.71. The van der Waals surface area contributed by atoms with E-state index in [2.05, 4.69) is 19.9 Å². The van der Waals surface area contributed by atoms with Crippen molar-refractivity contribution in [1.29, 1.82) is 5.26 Å². The van der Waals surface area contributed by atoms with Crippen LogP contribution in [0.15, 0.2) is 55.0 Å². The van der Waals surface area contributed by atoms with Crippen molar-refractivity contribution in [3.8, 4) is 17.3 Å². The number of hydrogen-bond acceptors (Lipinski definition) is 7. The second-order valence-electron chi connectivity index (χ2n) is 6.01. The van der Waals surface area contributed by atoms with Gasteiger partial charge < -0.3 is 10.6 Å². The SMILES string of the molecule is CN(c1nc2cccc(F)c2cc1-c1ccccn1)c1ncnc(N)c1C#N. The van der Waals surface area contributed by atoms with E-state index < -0.39 is 0 Å². The molecular weight excluding hydrogens is 357 g/mol. The molecule has 0 bridgehead atoms. The van der Waals surface area contributed by atoms with Crippen LogP contribution in [0.3, 0.4) is 0 Å². The molecule has 0 amide bonds. The lowest BCUT2D eigenvalue weighted by Crippen LogP contribution is -2.17. The molecule has 136 valence electrons. The zero-order valence-corrected chi connectivity index (χ0v) is 14.8. The molecule has 7 nitrogen and oxygen atoms in total. The van der Waals surface area contributed by atoms with Gasteiger partial charge in [0.1, 0.15) is 35.4 Å². The molecular formula is C20H14FN7. The maximum atomic E-state index is 14.4. The zero-order chi connectivity index (χ0) is 19.7. The Bertz CT molecular complexity index is 1220. The Labute approximate surface area is 159 Å². The van der Waals surface area contributed by atoms with Gasteiger partial charge in [0, 0.05) is 24.2 Å². The van der Waals surface area contributed by atoms with Gasteiger partial charge in [0.2, 0.25) is 0 Å². The van der Waals surface area contributed by atoms with Gasteiger partial charge in [-0.1, -0.05) is 12.1 Å². The summed E-state index contributed by atoms with van der Waals surface area (Å²) in [5, 5.41) is 9.85. The minimum atomic E-state index is -0.375. The highest BCUT2D eigenvalue weighted by Gasteiger charge is 2.21. The van der Waals surface area contributed by atoms with Crippen LogP contribution in [0.25, 0.3) is 22.2 Å². The first-order chi connectivity index (χ1) is 13.6. The van der Waals surface area contributed by atoms with Crippen LogP contribution in [0.5, 0.6) is 0 Å². The molecule has 0 radical (unpaired) electrons. The molecule has 0 unspecified atom stereocenters.